The molecule has 0 aliphatic carbocycles. The highest BCUT2D eigenvalue weighted by atomic mass is 32.2. The average molecular weight is 402 g/mol. The summed E-state index contributed by atoms with van der Waals surface area (Å²) in [5.74, 6) is 0.432. The molecule has 0 bridgehead atoms. The summed E-state index contributed by atoms with van der Waals surface area (Å²) >= 11 is 1.57. The maximum absolute atomic E-state index is 13.7. The van der Waals surface area contributed by atoms with Gasteiger partial charge in [-0.25, -0.2) is 4.39 Å². The van der Waals surface area contributed by atoms with Crippen molar-refractivity contribution in [3.05, 3.63) is 59.8 Å². The van der Waals surface area contributed by atoms with Crippen LogP contribution in [0.1, 0.15) is 41.3 Å². The number of thioether (sulfide) groups is 1. The largest absolute Gasteiger partial charge is 0.459 e. The molecule has 2 aliphatic rings. The van der Waals surface area contributed by atoms with Gasteiger partial charge in [0.1, 0.15) is 11.2 Å². The lowest BCUT2D eigenvalue weighted by Crippen LogP contribution is -2.42. The maximum atomic E-state index is 13.7. The smallest absolute Gasteiger partial charge is 0.289 e. The molecule has 2 fully saturated rings. The quantitative estimate of drug-likeness (QED) is 0.778. The van der Waals surface area contributed by atoms with Crippen molar-refractivity contribution in [2.45, 2.75) is 30.4 Å². The van der Waals surface area contributed by atoms with E-state index >= 15 is 0 Å². The van der Waals surface area contributed by atoms with E-state index in [0.717, 1.165) is 18.4 Å². The highest BCUT2D eigenvalue weighted by Crippen LogP contribution is 2.43. The van der Waals surface area contributed by atoms with Gasteiger partial charge in [0, 0.05) is 19.6 Å². The van der Waals surface area contributed by atoms with Crippen LogP contribution < -0.4 is 0 Å². The normalized spacial score (nSPS) is 23.4. The van der Waals surface area contributed by atoms with Crippen LogP contribution in [0.4, 0.5) is 4.39 Å². The van der Waals surface area contributed by atoms with E-state index in [1.807, 2.05) is 22.8 Å². The topological polar surface area (TPSA) is 53.8 Å². The second-order valence-corrected chi connectivity index (χ2v) is 8.81. The third-order valence-electron chi connectivity index (χ3n) is 5.47. The SMILES string of the molecule is CC1SC(c2cccc(F)c2)N(CC2CCN(C(=O)c3ccco3)CC2)C1=O. The van der Waals surface area contributed by atoms with Crippen molar-refractivity contribution in [1.82, 2.24) is 9.80 Å². The van der Waals surface area contributed by atoms with Crippen molar-refractivity contribution in [2.75, 3.05) is 19.6 Å². The van der Waals surface area contributed by atoms with Gasteiger partial charge in [0.15, 0.2) is 5.76 Å². The Morgan fingerprint density at radius 1 is 1.25 bits per heavy atom. The molecular weight excluding hydrogens is 379 g/mol. The molecule has 2 amide bonds. The highest BCUT2D eigenvalue weighted by molar-refractivity contribution is 8.01. The lowest BCUT2D eigenvalue weighted by Gasteiger charge is -2.35. The number of likely N-dealkylation sites (tertiary alicyclic amines) is 1. The number of nitrogens with zero attached hydrogens (tertiary/aromatic N) is 2. The lowest BCUT2D eigenvalue weighted by molar-refractivity contribution is -0.130. The molecule has 2 aliphatic heterocycles. The fourth-order valence-electron chi connectivity index (χ4n) is 3.93. The zero-order valence-electron chi connectivity index (χ0n) is 15.7. The summed E-state index contributed by atoms with van der Waals surface area (Å²) in [4.78, 5) is 28.8. The van der Waals surface area contributed by atoms with Gasteiger partial charge in [-0.3, -0.25) is 9.59 Å². The second-order valence-electron chi connectivity index (χ2n) is 7.39. The van der Waals surface area contributed by atoms with E-state index in [4.69, 9.17) is 4.42 Å². The van der Waals surface area contributed by atoms with Crippen LogP contribution in [0.2, 0.25) is 0 Å². The van der Waals surface area contributed by atoms with E-state index in [9.17, 15) is 14.0 Å². The molecule has 148 valence electrons. The number of piperidine rings is 1. The lowest BCUT2D eigenvalue weighted by atomic mass is 9.95. The molecule has 2 unspecified atom stereocenters. The number of amides is 2. The number of benzene rings is 1. The van der Waals surface area contributed by atoms with Crippen LogP contribution in [0.15, 0.2) is 47.1 Å². The van der Waals surface area contributed by atoms with E-state index in [2.05, 4.69) is 0 Å². The first kappa shape index (κ1) is 19.1. The maximum Gasteiger partial charge on any atom is 0.289 e. The highest BCUT2D eigenvalue weighted by Gasteiger charge is 2.40. The van der Waals surface area contributed by atoms with Crippen LogP contribution >= 0.6 is 11.8 Å². The van der Waals surface area contributed by atoms with Crippen LogP contribution in [-0.4, -0.2) is 46.5 Å². The van der Waals surface area contributed by atoms with Crippen molar-refractivity contribution < 1.29 is 18.4 Å². The molecule has 7 heteroatoms. The summed E-state index contributed by atoms with van der Waals surface area (Å²) in [6, 6.07) is 9.90. The number of hydrogen-bond acceptors (Lipinski definition) is 4. The molecule has 28 heavy (non-hydrogen) atoms. The summed E-state index contributed by atoms with van der Waals surface area (Å²) in [6.45, 7) is 3.85. The summed E-state index contributed by atoms with van der Waals surface area (Å²) in [5, 5.41) is -0.283. The molecule has 4 rings (SSSR count). The summed E-state index contributed by atoms with van der Waals surface area (Å²) in [7, 11) is 0. The van der Waals surface area contributed by atoms with Crippen LogP contribution in [0.25, 0.3) is 0 Å². The fourth-order valence-corrected chi connectivity index (χ4v) is 5.21. The van der Waals surface area contributed by atoms with E-state index in [-0.39, 0.29) is 28.3 Å². The molecule has 1 aromatic carbocycles. The Kier molecular flexibility index (Phi) is 5.44. The average Bonchev–Trinajstić information content (AvgIpc) is 3.33. The Labute approximate surface area is 167 Å². The van der Waals surface area contributed by atoms with Crippen molar-refractivity contribution in [2.24, 2.45) is 5.92 Å². The monoisotopic (exact) mass is 402 g/mol. The summed E-state index contributed by atoms with van der Waals surface area (Å²) in [5.41, 5.74) is 0.827. The minimum Gasteiger partial charge on any atom is -0.459 e. The molecule has 0 spiro atoms. The van der Waals surface area contributed by atoms with Crippen LogP contribution in [-0.2, 0) is 4.79 Å². The zero-order chi connectivity index (χ0) is 19.7. The first-order chi connectivity index (χ1) is 13.5. The predicted octanol–water partition coefficient (Wildman–Crippen LogP) is 3.93. The number of carbonyl (C=O) groups is 2. The third-order valence-corrected chi connectivity index (χ3v) is 6.86. The molecule has 2 saturated heterocycles. The first-order valence-corrected chi connectivity index (χ1v) is 10.5. The summed E-state index contributed by atoms with van der Waals surface area (Å²) < 4.78 is 18.9. The van der Waals surface area contributed by atoms with Gasteiger partial charge in [-0.05, 0) is 55.5 Å². The molecular formula is C21H23FN2O3S. The Morgan fingerprint density at radius 3 is 2.71 bits per heavy atom. The molecule has 3 heterocycles. The molecule has 1 aromatic heterocycles. The number of rotatable bonds is 4. The van der Waals surface area contributed by atoms with Crippen molar-refractivity contribution >= 4 is 23.6 Å². The minimum absolute atomic E-state index is 0.0810. The van der Waals surface area contributed by atoms with Crippen LogP contribution in [0.5, 0.6) is 0 Å². The van der Waals surface area contributed by atoms with E-state index in [1.165, 1.54) is 18.4 Å². The van der Waals surface area contributed by atoms with Crippen LogP contribution in [0, 0.1) is 11.7 Å². The van der Waals surface area contributed by atoms with Gasteiger partial charge in [0.05, 0.1) is 11.5 Å². The Morgan fingerprint density at radius 2 is 2.04 bits per heavy atom. The zero-order valence-corrected chi connectivity index (χ0v) is 16.5. The third kappa shape index (κ3) is 3.81. The van der Waals surface area contributed by atoms with Crippen molar-refractivity contribution in [1.29, 1.82) is 0 Å². The van der Waals surface area contributed by atoms with E-state index < -0.39 is 0 Å². The van der Waals surface area contributed by atoms with Gasteiger partial charge in [-0.2, -0.15) is 0 Å². The molecule has 0 radical (unpaired) electrons. The number of furan rings is 1. The summed E-state index contributed by atoms with van der Waals surface area (Å²) in [6.07, 6.45) is 3.18. The minimum atomic E-state index is -0.283. The van der Waals surface area contributed by atoms with Gasteiger partial charge in [0.25, 0.3) is 5.91 Å². The second kappa shape index (κ2) is 7.99. The number of carbonyl (C=O) groups excluding carboxylic acids is 2. The molecule has 5 nitrogen and oxygen atoms in total. The Hall–Kier alpha value is -2.28. The van der Waals surface area contributed by atoms with E-state index in [0.29, 0.717) is 31.3 Å². The first-order valence-electron chi connectivity index (χ1n) is 9.57. The van der Waals surface area contributed by atoms with Crippen LogP contribution in [0.3, 0.4) is 0 Å². The molecule has 2 atom stereocenters. The Bertz CT molecular complexity index is 849. The number of hydrogen-bond donors (Lipinski definition) is 0. The fraction of sp³-hybridized carbons (Fsp3) is 0.429. The van der Waals surface area contributed by atoms with Gasteiger partial charge >= 0.3 is 0 Å². The molecule has 0 saturated carbocycles. The van der Waals surface area contributed by atoms with Crippen molar-refractivity contribution in [3.63, 3.8) is 0 Å². The van der Waals surface area contributed by atoms with Gasteiger partial charge < -0.3 is 14.2 Å². The molecule has 2 aromatic rings. The predicted molar refractivity (Wildman–Crippen MR) is 105 cm³/mol. The Balaban J connectivity index is 1.40. The van der Waals surface area contributed by atoms with Gasteiger partial charge in [0.2, 0.25) is 5.91 Å². The van der Waals surface area contributed by atoms with Gasteiger partial charge in [-0.1, -0.05) is 12.1 Å². The number of halogens is 1. The van der Waals surface area contributed by atoms with Gasteiger partial charge in [-0.15, -0.1) is 11.8 Å². The van der Waals surface area contributed by atoms with Crippen molar-refractivity contribution in [3.8, 4) is 0 Å². The standard InChI is InChI=1S/C21H23FN2O3S/c1-14-19(25)24(21(28-14)16-4-2-5-17(22)12-16)13-15-7-9-23(10-8-15)20(26)18-6-3-11-27-18/h2-6,11-12,14-15,21H,7-10,13H2,1H3. The molecule has 0 N–H and O–H groups in total. The van der Waals surface area contributed by atoms with E-state index in [1.54, 1.807) is 30.0 Å².